The zero-order valence-electron chi connectivity index (χ0n) is 24.2. The molecule has 0 radical (unpaired) electrons. The van der Waals surface area contributed by atoms with E-state index in [4.69, 9.17) is 0 Å². The van der Waals surface area contributed by atoms with E-state index in [9.17, 15) is 4.79 Å². The summed E-state index contributed by atoms with van der Waals surface area (Å²) in [6, 6.07) is 27.8. The first kappa shape index (κ1) is 28.2. The summed E-state index contributed by atoms with van der Waals surface area (Å²) in [5.41, 5.74) is 7.40. The van der Waals surface area contributed by atoms with E-state index in [0.717, 1.165) is 44.6 Å². The van der Waals surface area contributed by atoms with Gasteiger partial charge in [0.15, 0.2) is 0 Å². The number of benzene rings is 3. The number of carbonyl (C=O) groups is 1. The number of amides is 2. The van der Waals surface area contributed by atoms with Crippen LogP contribution in [0.3, 0.4) is 0 Å². The molecule has 40 heavy (non-hydrogen) atoms. The molecule has 4 nitrogen and oxygen atoms in total. The van der Waals surface area contributed by atoms with Crippen LogP contribution >= 0.6 is 0 Å². The number of anilines is 1. The number of hydrogen-bond donors (Lipinski definition) is 1. The molecule has 0 unspecified atom stereocenters. The van der Waals surface area contributed by atoms with Crippen LogP contribution < -0.4 is 5.32 Å². The highest BCUT2D eigenvalue weighted by atomic mass is 16.2. The molecule has 0 aromatic heterocycles. The van der Waals surface area contributed by atoms with Crippen molar-refractivity contribution in [3.63, 3.8) is 0 Å². The summed E-state index contributed by atoms with van der Waals surface area (Å²) in [5, 5.41) is 3.22. The molecule has 1 N–H and O–H groups in total. The van der Waals surface area contributed by atoms with Crippen LogP contribution in [-0.4, -0.2) is 41.5 Å². The van der Waals surface area contributed by atoms with Gasteiger partial charge in [-0.3, -0.25) is 4.90 Å². The Hall–Kier alpha value is -3.37. The Morgan fingerprint density at radius 1 is 0.875 bits per heavy atom. The summed E-state index contributed by atoms with van der Waals surface area (Å²) >= 11 is 0. The SMILES string of the molecule is CCCCc1ccc(NC(=O)N(Cc2ccc(-c3ccccc3)cc2)C2CCN(CC3=CCCCC3)CC2)cc1. The first-order valence-corrected chi connectivity index (χ1v) is 15.4. The fraction of sp³-hybridized carbons (Fsp3) is 0.417. The third kappa shape index (κ3) is 7.85. The predicted molar refractivity (Wildman–Crippen MR) is 168 cm³/mol. The first-order chi connectivity index (χ1) is 19.7. The van der Waals surface area contributed by atoms with Crippen LogP contribution in [0.2, 0.25) is 0 Å². The minimum atomic E-state index is 0.00174. The quantitative estimate of drug-likeness (QED) is 0.264. The molecule has 0 atom stereocenters. The Morgan fingerprint density at radius 2 is 1.57 bits per heavy atom. The maximum Gasteiger partial charge on any atom is 0.322 e. The number of piperidine rings is 1. The number of hydrogen-bond acceptors (Lipinski definition) is 2. The van der Waals surface area contributed by atoms with Crippen molar-refractivity contribution in [2.45, 2.75) is 77.3 Å². The van der Waals surface area contributed by atoms with Crippen molar-refractivity contribution in [2.24, 2.45) is 0 Å². The van der Waals surface area contributed by atoms with Crippen LogP contribution in [0.15, 0.2) is 90.5 Å². The second-order valence-corrected chi connectivity index (χ2v) is 11.5. The van der Waals surface area contributed by atoms with Gasteiger partial charge in [-0.1, -0.05) is 91.7 Å². The maximum atomic E-state index is 13.8. The first-order valence-electron chi connectivity index (χ1n) is 15.4. The Kier molecular flexibility index (Phi) is 10.1. The molecule has 0 saturated carbocycles. The lowest BCUT2D eigenvalue weighted by molar-refractivity contribution is 0.127. The number of nitrogens with zero attached hydrogens (tertiary/aromatic N) is 2. The average molecular weight is 536 g/mol. The Bertz CT molecular complexity index is 1230. The minimum absolute atomic E-state index is 0.00174. The number of unbranched alkanes of at least 4 members (excludes halogenated alkanes) is 1. The Balaban J connectivity index is 1.26. The molecule has 2 amide bonds. The third-order valence-electron chi connectivity index (χ3n) is 8.51. The Labute approximate surface area is 241 Å². The van der Waals surface area contributed by atoms with Crippen molar-refractivity contribution in [1.29, 1.82) is 0 Å². The van der Waals surface area contributed by atoms with Gasteiger partial charge in [-0.25, -0.2) is 4.79 Å². The van der Waals surface area contributed by atoms with Gasteiger partial charge in [-0.15, -0.1) is 0 Å². The number of aryl methyl sites for hydroxylation is 1. The number of nitrogens with one attached hydrogen (secondary N) is 1. The highest BCUT2D eigenvalue weighted by Gasteiger charge is 2.28. The summed E-state index contributed by atoms with van der Waals surface area (Å²) in [6.45, 7) is 6.03. The lowest BCUT2D eigenvalue weighted by Crippen LogP contribution is -2.48. The summed E-state index contributed by atoms with van der Waals surface area (Å²) in [5.74, 6) is 0. The molecule has 3 aromatic rings. The van der Waals surface area contributed by atoms with Crippen LogP contribution in [0.4, 0.5) is 10.5 Å². The zero-order chi connectivity index (χ0) is 27.6. The number of allylic oxidation sites excluding steroid dienone is 1. The van der Waals surface area contributed by atoms with Crippen molar-refractivity contribution >= 4 is 11.7 Å². The van der Waals surface area contributed by atoms with Gasteiger partial charge in [-0.2, -0.15) is 0 Å². The van der Waals surface area contributed by atoms with Gasteiger partial charge in [0.2, 0.25) is 0 Å². The van der Waals surface area contributed by atoms with Crippen LogP contribution in [0.5, 0.6) is 0 Å². The lowest BCUT2D eigenvalue weighted by atomic mass is 9.97. The van der Waals surface area contributed by atoms with Crippen molar-refractivity contribution in [1.82, 2.24) is 9.80 Å². The normalized spacial score (nSPS) is 16.4. The molecule has 1 aliphatic heterocycles. The number of likely N-dealkylation sites (tertiary alicyclic amines) is 1. The number of urea groups is 1. The van der Waals surface area contributed by atoms with E-state index in [1.165, 1.54) is 60.8 Å². The molecule has 210 valence electrons. The molecule has 1 heterocycles. The summed E-state index contributed by atoms with van der Waals surface area (Å²) in [4.78, 5) is 18.4. The topological polar surface area (TPSA) is 35.6 Å². The standard InChI is InChI=1S/C36H45N3O/c1-2-3-10-29-17-21-34(22-18-29)37-36(40)39(28-31-15-19-33(20-16-31)32-13-8-5-9-14-32)35-23-25-38(26-24-35)27-30-11-6-4-7-12-30/h5,8-9,11,13-22,35H,2-4,6-7,10,12,23-28H2,1H3,(H,37,40). The highest BCUT2D eigenvalue weighted by molar-refractivity contribution is 5.89. The van der Waals surface area contributed by atoms with Gasteiger partial charge in [-0.05, 0) is 85.8 Å². The number of rotatable bonds is 10. The predicted octanol–water partition coefficient (Wildman–Crippen LogP) is 8.70. The largest absolute Gasteiger partial charge is 0.322 e. The summed E-state index contributed by atoms with van der Waals surface area (Å²) in [6.07, 6.45) is 13.1. The van der Waals surface area contributed by atoms with E-state index in [-0.39, 0.29) is 12.1 Å². The van der Waals surface area contributed by atoms with Crippen molar-refractivity contribution in [2.75, 3.05) is 25.0 Å². The molecule has 0 bridgehead atoms. The maximum absolute atomic E-state index is 13.8. The lowest BCUT2D eigenvalue weighted by Gasteiger charge is -2.39. The van der Waals surface area contributed by atoms with Gasteiger partial charge in [0, 0.05) is 37.9 Å². The molecular weight excluding hydrogens is 490 g/mol. The van der Waals surface area contributed by atoms with Gasteiger partial charge >= 0.3 is 6.03 Å². The third-order valence-corrected chi connectivity index (χ3v) is 8.51. The second kappa shape index (κ2) is 14.3. The van der Waals surface area contributed by atoms with Crippen molar-refractivity contribution < 1.29 is 4.79 Å². The highest BCUT2D eigenvalue weighted by Crippen LogP contribution is 2.25. The van der Waals surface area contributed by atoms with E-state index in [2.05, 4.69) is 101 Å². The van der Waals surface area contributed by atoms with Crippen LogP contribution in [0.1, 0.15) is 69.4 Å². The number of carbonyl (C=O) groups excluding carboxylic acids is 1. The molecule has 5 rings (SSSR count). The van der Waals surface area contributed by atoms with Crippen molar-refractivity contribution in [3.8, 4) is 11.1 Å². The average Bonchev–Trinajstić information content (AvgIpc) is 3.01. The molecular formula is C36H45N3O. The van der Waals surface area contributed by atoms with Crippen molar-refractivity contribution in [3.05, 3.63) is 102 Å². The second-order valence-electron chi connectivity index (χ2n) is 11.5. The van der Waals surface area contributed by atoms with E-state index < -0.39 is 0 Å². The Morgan fingerprint density at radius 3 is 2.25 bits per heavy atom. The molecule has 2 aliphatic rings. The molecule has 1 saturated heterocycles. The minimum Gasteiger partial charge on any atom is -0.317 e. The van der Waals surface area contributed by atoms with Gasteiger partial charge in [0.25, 0.3) is 0 Å². The van der Waals surface area contributed by atoms with E-state index in [1.807, 2.05) is 6.07 Å². The summed E-state index contributed by atoms with van der Waals surface area (Å²) in [7, 11) is 0. The molecule has 3 aromatic carbocycles. The fourth-order valence-corrected chi connectivity index (χ4v) is 6.05. The van der Waals surface area contributed by atoms with Gasteiger partial charge in [0.05, 0.1) is 0 Å². The fourth-order valence-electron chi connectivity index (χ4n) is 6.05. The molecule has 1 fully saturated rings. The zero-order valence-corrected chi connectivity index (χ0v) is 24.2. The molecule has 1 aliphatic carbocycles. The van der Waals surface area contributed by atoms with Crippen LogP contribution in [0, 0.1) is 0 Å². The van der Waals surface area contributed by atoms with Crippen LogP contribution in [0.25, 0.3) is 11.1 Å². The van der Waals surface area contributed by atoms with E-state index >= 15 is 0 Å². The van der Waals surface area contributed by atoms with Crippen LogP contribution in [-0.2, 0) is 13.0 Å². The van der Waals surface area contributed by atoms with Gasteiger partial charge < -0.3 is 10.2 Å². The van der Waals surface area contributed by atoms with Gasteiger partial charge in [0.1, 0.15) is 0 Å². The monoisotopic (exact) mass is 535 g/mol. The molecule has 4 heteroatoms. The van der Waals surface area contributed by atoms with E-state index in [0.29, 0.717) is 6.54 Å². The molecule has 0 spiro atoms. The van der Waals surface area contributed by atoms with E-state index in [1.54, 1.807) is 5.57 Å². The smallest absolute Gasteiger partial charge is 0.317 e. The summed E-state index contributed by atoms with van der Waals surface area (Å²) < 4.78 is 0.